The first-order valence-electron chi connectivity index (χ1n) is 8.23. The molecule has 0 saturated heterocycles. The van der Waals surface area contributed by atoms with Crippen LogP contribution in [-0.2, 0) is 4.79 Å². The minimum atomic E-state index is -0.389. The lowest BCUT2D eigenvalue weighted by Crippen LogP contribution is -2.37. The number of hydrogen-bond donors (Lipinski definition) is 2. The van der Waals surface area contributed by atoms with Crippen molar-refractivity contribution < 1.29 is 4.79 Å². The Morgan fingerprint density at radius 1 is 1.32 bits per heavy atom. The molecule has 7 heteroatoms. The monoisotopic (exact) mass is 355 g/mol. The number of thiophene rings is 1. The summed E-state index contributed by atoms with van der Waals surface area (Å²) >= 11 is 1.64. The molecule has 25 heavy (non-hydrogen) atoms. The summed E-state index contributed by atoms with van der Waals surface area (Å²) in [6.45, 7) is 8.46. The first-order valence-corrected chi connectivity index (χ1v) is 9.05. The molecular weight excluding hydrogens is 334 g/mol. The molecule has 3 aromatic rings. The van der Waals surface area contributed by atoms with E-state index >= 15 is 0 Å². The fourth-order valence-electron chi connectivity index (χ4n) is 2.58. The first kappa shape index (κ1) is 17.3. The zero-order chi connectivity index (χ0) is 18.0. The average molecular weight is 355 g/mol. The fourth-order valence-corrected chi connectivity index (χ4v) is 3.61. The fraction of sp³-hybridized carbons (Fsp3) is 0.333. The summed E-state index contributed by atoms with van der Waals surface area (Å²) in [4.78, 5) is 27.8. The lowest BCUT2D eigenvalue weighted by Gasteiger charge is -2.15. The highest BCUT2D eigenvalue weighted by Crippen LogP contribution is 2.35. The van der Waals surface area contributed by atoms with E-state index in [2.05, 4.69) is 29.5 Å². The van der Waals surface area contributed by atoms with Crippen LogP contribution in [0.4, 0.5) is 5.82 Å². The zero-order valence-electron chi connectivity index (χ0n) is 14.8. The van der Waals surface area contributed by atoms with Crippen molar-refractivity contribution in [2.75, 3.05) is 11.9 Å². The number of anilines is 1. The summed E-state index contributed by atoms with van der Waals surface area (Å²) in [6, 6.07) is 3.40. The van der Waals surface area contributed by atoms with E-state index in [9.17, 15) is 4.79 Å². The second-order valence-corrected chi connectivity index (χ2v) is 7.06. The highest BCUT2D eigenvalue weighted by Gasteiger charge is 2.19. The molecule has 1 atom stereocenters. The molecule has 2 N–H and O–H groups in total. The molecule has 0 aliphatic rings. The van der Waals surface area contributed by atoms with Gasteiger partial charge in [0.25, 0.3) is 0 Å². The van der Waals surface area contributed by atoms with Crippen LogP contribution in [0, 0.1) is 13.8 Å². The van der Waals surface area contributed by atoms with Crippen LogP contribution in [0.5, 0.6) is 0 Å². The molecule has 1 amide bonds. The van der Waals surface area contributed by atoms with Crippen molar-refractivity contribution in [3.05, 3.63) is 35.0 Å². The molecule has 0 aliphatic heterocycles. The van der Waals surface area contributed by atoms with Crippen LogP contribution in [-0.4, -0.2) is 33.4 Å². The van der Waals surface area contributed by atoms with Gasteiger partial charge < -0.3 is 10.6 Å². The van der Waals surface area contributed by atoms with Gasteiger partial charge in [-0.05, 0) is 45.4 Å². The van der Waals surface area contributed by atoms with Gasteiger partial charge in [-0.3, -0.25) is 9.78 Å². The molecule has 0 saturated carbocycles. The van der Waals surface area contributed by atoms with Crippen molar-refractivity contribution >= 4 is 33.3 Å². The molecule has 3 aromatic heterocycles. The third-order valence-corrected chi connectivity index (χ3v) is 5.15. The minimum absolute atomic E-state index is 0.0539. The first-order chi connectivity index (χ1) is 12.0. The predicted octanol–water partition coefficient (Wildman–Crippen LogP) is 3.31. The van der Waals surface area contributed by atoms with Crippen LogP contribution >= 0.6 is 11.3 Å². The second-order valence-electron chi connectivity index (χ2n) is 5.86. The predicted molar refractivity (Wildman–Crippen MR) is 102 cm³/mol. The number of carbonyl (C=O) groups excluding carboxylic acids is 1. The van der Waals surface area contributed by atoms with Gasteiger partial charge in [-0.15, -0.1) is 11.3 Å². The van der Waals surface area contributed by atoms with Gasteiger partial charge >= 0.3 is 0 Å². The number of amides is 1. The van der Waals surface area contributed by atoms with Gasteiger partial charge in [0.15, 0.2) is 5.82 Å². The Hall–Kier alpha value is -2.54. The number of rotatable bonds is 5. The van der Waals surface area contributed by atoms with Crippen molar-refractivity contribution in [2.45, 2.75) is 33.7 Å². The van der Waals surface area contributed by atoms with E-state index in [0.717, 1.165) is 21.3 Å². The van der Waals surface area contributed by atoms with Crippen molar-refractivity contribution in [1.29, 1.82) is 0 Å². The number of aromatic nitrogens is 3. The van der Waals surface area contributed by atoms with E-state index in [1.165, 1.54) is 4.88 Å². The van der Waals surface area contributed by atoms with Crippen molar-refractivity contribution in [3.63, 3.8) is 0 Å². The number of likely N-dealkylation sites (N-methyl/N-ethyl adjacent to an activating group) is 1. The largest absolute Gasteiger partial charge is 0.358 e. The summed E-state index contributed by atoms with van der Waals surface area (Å²) in [6.07, 6.45) is 3.46. The van der Waals surface area contributed by atoms with Crippen molar-refractivity contribution in [3.8, 4) is 11.4 Å². The summed E-state index contributed by atoms with van der Waals surface area (Å²) in [5, 5.41) is 7.06. The van der Waals surface area contributed by atoms with Crippen molar-refractivity contribution in [2.24, 2.45) is 0 Å². The summed E-state index contributed by atoms with van der Waals surface area (Å²) in [7, 11) is 0. The molecule has 0 radical (unpaired) electrons. The lowest BCUT2D eigenvalue weighted by molar-refractivity contribution is -0.121. The maximum Gasteiger partial charge on any atom is 0.242 e. The maximum absolute atomic E-state index is 12.1. The highest BCUT2D eigenvalue weighted by atomic mass is 32.1. The number of nitrogens with one attached hydrogen (secondary N) is 2. The van der Waals surface area contributed by atoms with E-state index in [4.69, 9.17) is 9.97 Å². The van der Waals surface area contributed by atoms with E-state index < -0.39 is 0 Å². The molecular formula is C18H21N5OS. The molecule has 0 aromatic carbocycles. The Morgan fingerprint density at radius 3 is 2.80 bits per heavy atom. The third-order valence-electron chi connectivity index (χ3n) is 4.05. The van der Waals surface area contributed by atoms with Gasteiger partial charge in [0, 0.05) is 29.4 Å². The van der Waals surface area contributed by atoms with Gasteiger partial charge in [-0.25, -0.2) is 9.97 Å². The Labute approximate surface area is 150 Å². The average Bonchev–Trinajstić information content (AvgIpc) is 2.90. The summed E-state index contributed by atoms with van der Waals surface area (Å²) in [5.74, 6) is 1.23. The number of fused-ring (bicyclic) bond motifs is 1. The second kappa shape index (κ2) is 7.14. The van der Waals surface area contributed by atoms with Crippen molar-refractivity contribution in [1.82, 2.24) is 20.3 Å². The summed E-state index contributed by atoms with van der Waals surface area (Å²) < 4.78 is 0. The van der Waals surface area contributed by atoms with Gasteiger partial charge in [0.2, 0.25) is 5.91 Å². The number of nitrogens with zero attached hydrogens (tertiary/aromatic N) is 3. The van der Waals surface area contributed by atoms with Crippen LogP contribution in [0.25, 0.3) is 21.6 Å². The molecule has 0 bridgehead atoms. The topological polar surface area (TPSA) is 79.8 Å². The van der Waals surface area contributed by atoms with E-state index in [1.807, 2.05) is 26.0 Å². The Morgan fingerprint density at radius 2 is 2.12 bits per heavy atom. The number of pyridine rings is 1. The number of carbonyl (C=O) groups is 1. The molecule has 130 valence electrons. The number of hydrogen-bond acceptors (Lipinski definition) is 6. The van der Waals surface area contributed by atoms with Crippen LogP contribution in [0.2, 0.25) is 0 Å². The van der Waals surface area contributed by atoms with Crippen LogP contribution in [0.15, 0.2) is 24.5 Å². The van der Waals surface area contributed by atoms with E-state index in [1.54, 1.807) is 23.7 Å². The molecule has 0 fully saturated rings. The van der Waals surface area contributed by atoms with E-state index in [-0.39, 0.29) is 11.9 Å². The van der Waals surface area contributed by atoms with Gasteiger partial charge in [-0.1, -0.05) is 0 Å². The molecule has 6 nitrogen and oxygen atoms in total. The van der Waals surface area contributed by atoms with Crippen LogP contribution in [0.3, 0.4) is 0 Å². The van der Waals surface area contributed by atoms with Crippen LogP contribution < -0.4 is 10.6 Å². The molecule has 3 heterocycles. The SMILES string of the molecule is CCNC(=O)[C@H](C)Nc1nc(-c2cccnc2)nc2sc(C)c(C)c12. The number of aryl methyl sites for hydroxylation is 2. The quantitative estimate of drug-likeness (QED) is 0.734. The Balaban J connectivity index is 2.09. The normalized spacial score (nSPS) is 12.2. The Bertz CT molecular complexity index is 907. The molecule has 3 rings (SSSR count). The lowest BCUT2D eigenvalue weighted by atomic mass is 10.2. The summed E-state index contributed by atoms with van der Waals surface area (Å²) in [5.41, 5.74) is 1.99. The Kier molecular flexibility index (Phi) is 4.94. The maximum atomic E-state index is 12.1. The van der Waals surface area contributed by atoms with Crippen LogP contribution in [0.1, 0.15) is 24.3 Å². The van der Waals surface area contributed by atoms with Gasteiger partial charge in [0.05, 0.1) is 5.39 Å². The smallest absolute Gasteiger partial charge is 0.242 e. The standard InChI is InChI=1S/C18H21N5OS/c1-5-20-17(24)11(3)21-16-14-10(2)12(4)25-18(14)23-15(22-16)13-7-6-8-19-9-13/h6-9,11H,5H2,1-4H3,(H,20,24)(H,21,22,23)/t11-/m0/s1. The molecule has 0 aliphatic carbocycles. The molecule has 0 unspecified atom stereocenters. The molecule has 0 spiro atoms. The zero-order valence-corrected chi connectivity index (χ0v) is 15.6. The van der Waals surface area contributed by atoms with Gasteiger partial charge in [0.1, 0.15) is 16.7 Å². The van der Waals surface area contributed by atoms with Gasteiger partial charge in [-0.2, -0.15) is 0 Å². The highest BCUT2D eigenvalue weighted by molar-refractivity contribution is 7.18. The third kappa shape index (κ3) is 3.46. The van der Waals surface area contributed by atoms with E-state index in [0.29, 0.717) is 18.2 Å². The minimum Gasteiger partial charge on any atom is -0.358 e.